The number of hydrogen-bond donors (Lipinski definition) is 1. The van der Waals surface area contributed by atoms with Crippen molar-refractivity contribution in [3.8, 4) is 11.5 Å². The third kappa shape index (κ3) is 7.41. The monoisotopic (exact) mass is 415 g/mol. The van der Waals surface area contributed by atoms with Gasteiger partial charge in [0.1, 0.15) is 12.4 Å². The molecule has 0 atom stereocenters. The molecule has 0 heterocycles. The lowest BCUT2D eigenvalue weighted by Crippen LogP contribution is -2.16. The Labute approximate surface area is 178 Å². The van der Waals surface area contributed by atoms with Crippen LogP contribution in [0.5, 0.6) is 11.5 Å². The Hall–Kier alpha value is -2.56. The number of rotatable bonds is 10. The average molecular weight is 416 g/mol. The van der Waals surface area contributed by atoms with E-state index in [1.54, 1.807) is 0 Å². The van der Waals surface area contributed by atoms with Crippen molar-refractivity contribution in [1.29, 1.82) is 0 Å². The van der Waals surface area contributed by atoms with Crippen molar-refractivity contribution >= 4 is 12.4 Å². The molecule has 154 valence electrons. The maximum atomic E-state index is 12.9. The zero-order valence-corrected chi connectivity index (χ0v) is 17.4. The largest absolute Gasteiger partial charge is 0.490 e. The Morgan fingerprint density at radius 3 is 2.24 bits per heavy atom. The molecule has 1 N–H and O–H groups in total. The molecule has 5 heteroatoms. The van der Waals surface area contributed by atoms with Gasteiger partial charge in [0.15, 0.2) is 11.5 Å². The summed E-state index contributed by atoms with van der Waals surface area (Å²) in [5.74, 6) is 1.31. The zero-order chi connectivity index (χ0) is 19.6. The maximum absolute atomic E-state index is 12.9. The quantitative estimate of drug-likeness (QED) is 0.440. The number of ether oxygens (including phenoxy) is 2. The first-order valence-corrected chi connectivity index (χ1v) is 9.62. The van der Waals surface area contributed by atoms with E-state index < -0.39 is 0 Å². The van der Waals surface area contributed by atoms with Crippen LogP contribution in [0.2, 0.25) is 0 Å². The lowest BCUT2D eigenvalue weighted by Gasteiger charge is -2.14. The van der Waals surface area contributed by atoms with E-state index >= 15 is 0 Å². The van der Waals surface area contributed by atoms with Crippen molar-refractivity contribution in [3.05, 3.63) is 95.3 Å². The van der Waals surface area contributed by atoms with Gasteiger partial charge in [0.2, 0.25) is 0 Å². The van der Waals surface area contributed by atoms with E-state index in [-0.39, 0.29) is 18.2 Å². The van der Waals surface area contributed by atoms with Crippen LogP contribution in [0.25, 0.3) is 0 Å². The topological polar surface area (TPSA) is 30.5 Å². The molecule has 0 aliphatic carbocycles. The fourth-order valence-electron chi connectivity index (χ4n) is 2.90. The van der Waals surface area contributed by atoms with Crippen LogP contribution in [0.1, 0.15) is 23.6 Å². The van der Waals surface area contributed by atoms with E-state index in [9.17, 15) is 4.39 Å². The molecule has 0 unspecified atom stereocenters. The lowest BCUT2D eigenvalue weighted by atomic mass is 10.1. The lowest BCUT2D eigenvalue weighted by molar-refractivity contribution is 0.269. The summed E-state index contributed by atoms with van der Waals surface area (Å²) in [6.07, 6.45) is 0.858. The summed E-state index contributed by atoms with van der Waals surface area (Å²) in [4.78, 5) is 0. The van der Waals surface area contributed by atoms with Crippen molar-refractivity contribution in [2.45, 2.75) is 26.5 Å². The fourth-order valence-corrected chi connectivity index (χ4v) is 2.90. The molecule has 0 radical (unpaired) electrons. The van der Waals surface area contributed by atoms with Crippen LogP contribution in [-0.2, 0) is 19.6 Å². The van der Waals surface area contributed by atoms with Crippen molar-refractivity contribution in [3.63, 3.8) is 0 Å². The second-order valence-corrected chi connectivity index (χ2v) is 6.54. The van der Waals surface area contributed by atoms with E-state index in [2.05, 4.69) is 5.32 Å². The minimum Gasteiger partial charge on any atom is -0.490 e. The van der Waals surface area contributed by atoms with Gasteiger partial charge in [0.05, 0.1) is 6.61 Å². The first kappa shape index (κ1) is 22.7. The van der Waals surface area contributed by atoms with Crippen LogP contribution >= 0.6 is 12.4 Å². The summed E-state index contributed by atoms with van der Waals surface area (Å²) < 4.78 is 24.7. The summed E-state index contributed by atoms with van der Waals surface area (Å²) in [6.45, 7) is 4.62. The summed E-state index contributed by atoms with van der Waals surface area (Å²) in [6, 6.07) is 22.8. The molecule has 0 saturated carbocycles. The Kier molecular flexibility index (Phi) is 9.48. The highest BCUT2D eigenvalue weighted by molar-refractivity contribution is 5.85. The molecule has 0 aliphatic rings. The molecule has 3 nitrogen and oxygen atoms in total. The van der Waals surface area contributed by atoms with Gasteiger partial charge in [-0.15, -0.1) is 12.4 Å². The smallest absolute Gasteiger partial charge is 0.161 e. The van der Waals surface area contributed by atoms with Gasteiger partial charge < -0.3 is 14.8 Å². The Morgan fingerprint density at radius 1 is 0.793 bits per heavy atom. The van der Waals surface area contributed by atoms with Crippen LogP contribution in [0.4, 0.5) is 4.39 Å². The Bertz CT molecular complexity index is 857. The predicted octanol–water partition coefficient (Wildman–Crippen LogP) is 5.56. The molecule has 0 saturated heterocycles. The minimum atomic E-state index is -0.199. The number of hydrogen-bond acceptors (Lipinski definition) is 3. The summed E-state index contributed by atoms with van der Waals surface area (Å²) in [7, 11) is 0. The van der Waals surface area contributed by atoms with Crippen molar-refractivity contribution in [1.82, 2.24) is 5.32 Å². The van der Waals surface area contributed by atoms with Gasteiger partial charge in [-0.3, -0.25) is 0 Å². The van der Waals surface area contributed by atoms with Crippen LogP contribution in [0, 0.1) is 5.82 Å². The van der Waals surface area contributed by atoms with Gasteiger partial charge in [0, 0.05) is 6.54 Å². The fraction of sp³-hybridized carbons (Fsp3) is 0.250. The molecule has 3 aromatic rings. The molecular formula is C24H27ClFNO2. The van der Waals surface area contributed by atoms with E-state index in [0.29, 0.717) is 13.2 Å². The molecule has 0 aromatic heterocycles. The second kappa shape index (κ2) is 12.1. The average Bonchev–Trinajstić information content (AvgIpc) is 2.73. The summed E-state index contributed by atoms with van der Waals surface area (Å²) >= 11 is 0. The van der Waals surface area contributed by atoms with E-state index in [4.69, 9.17) is 9.47 Å². The molecule has 0 aliphatic heterocycles. The second-order valence-electron chi connectivity index (χ2n) is 6.54. The highest BCUT2D eigenvalue weighted by Crippen LogP contribution is 2.29. The van der Waals surface area contributed by atoms with Gasteiger partial charge in [0.25, 0.3) is 0 Å². The van der Waals surface area contributed by atoms with Gasteiger partial charge in [-0.2, -0.15) is 0 Å². The minimum absolute atomic E-state index is 0. The van der Waals surface area contributed by atoms with Gasteiger partial charge in [-0.25, -0.2) is 4.39 Å². The predicted molar refractivity (Wildman–Crippen MR) is 117 cm³/mol. The van der Waals surface area contributed by atoms with Crippen molar-refractivity contribution in [2.75, 3.05) is 13.2 Å². The normalized spacial score (nSPS) is 10.3. The highest BCUT2D eigenvalue weighted by Gasteiger charge is 2.07. The number of benzene rings is 3. The molecule has 0 fully saturated rings. The van der Waals surface area contributed by atoms with Crippen LogP contribution in [0.3, 0.4) is 0 Å². The maximum Gasteiger partial charge on any atom is 0.161 e. The molecule has 29 heavy (non-hydrogen) atoms. The molecule has 3 aromatic carbocycles. The molecular weight excluding hydrogens is 389 g/mol. The van der Waals surface area contributed by atoms with E-state index in [1.807, 2.05) is 67.6 Å². The molecule has 0 amide bonds. The third-order valence-corrected chi connectivity index (χ3v) is 4.38. The Morgan fingerprint density at radius 2 is 1.52 bits per heavy atom. The van der Waals surface area contributed by atoms with Crippen LogP contribution < -0.4 is 14.8 Å². The Balaban J connectivity index is 0.00000300. The van der Waals surface area contributed by atoms with Gasteiger partial charge in [-0.05, 0) is 60.8 Å². The summed E-state index contributed by atoms with van der Waals surface area (Å²) in [5, 5.41) is 3.42. The highest BCUT2D eigenvalue weighted by atomic mass is 35.5. The van der Waals surface area contributed by atoms with E-state index in [0.717, 1.165) is 47.7 Å². The van der Waals surface area contributed by atoms with Crippen molar-refractivity contribution < 1.29 is 13.9 Å². The zero-order valence-electron chi connectivity index (χ0n) is 16.6. The first-order valence-electron chi connectivity index (χ1n) is 9.62. The number of halogens is 2. The van der Waals surface area contributed by atoms with Crippen LogP contribution in [0.15, 0.2) is 72.8 Å². The van der Waals surface area contributed by atoms with Crippen LogP contribution in [-0.4, -0.2) is 13.2 Å². The molecule has 0 bridgehead atoms. The summed E-state index contributed by atoms with van der Waals surface area (Å²) in [5.41, 5.74) is 3.37. The standard InChI is InChI=1S/C24H26FNO2.ClH/c1-2-27-24-16-21(17-26-15-14-19-8-11-22(25)12-9-19)10-13-23(24)28-18-20-6-4-3-5-7-20;/h3-13,16,26H,2,14-15,17-18H2,1H3;1H. The molecule has 0 spiro atoms. The first-order chi connectivity index (χ1) is 13.7. The van der Waals surface area contributed by atoms with E-state index in [1.165, 1.54) is 12.1 Å². The SMILES string of the molecule is CCOc1cc(CNCCc2ccc(F)cc2)ccc1OCc1ccccc1.Cl. The van der Waals surface area contributed by atoms with Crippen molar-refractivity contribution in [2.24, 2.45) is 0 Å². The molecule has 3 rings (SSSR count). The van der Waals surface area contributed by atoms with Gasteiger partial charge >= 0.3 is 0 Å². The third-order valence-electron chi connectivity index (χ3n) is 4.38. The number of nitrogens with one attached hydrogen (secondary N) is 1. The van der Waals surface area contributed by atoms with Gasteiger partial charge in [-0.1, -0.05) is 48.5 Å².